The van der Waals surface area contributed by atoms with Crippen molar-refractivity contribution in [1.29, 1.82) is 0 Å². The number of carbonyl (C=O) groups excluding carboxylic acids is 6. The molecule has 3 saturated heterocycles. The summed E-state index contributed by atoms with van der Waals surface area (Å²) in [6.07, 6.45) is -11.1. The van der Waals surface area contributed by atoms with Crippen LogP contribution in [0.3, 0.4) is 0 Å². The molecule has 0 unspecified atom stereocenters. The summed E-state index contributed by atoms with van der Waals surface area (Å²) in [6, 6.07) is 11.7. The number of nitrogens with zero attached hydrogens (tertiary/aromatic N) is 13. The van der Waals surface area contributed by atoms with Gasteiger partial charge in [-0.1, -0.05) is 13.8 Å². The van der Waals surface area contributed by atoms with Gasteiger partial charge in [-0.2, -0.15) is 39.5 Å². The highest BCUT2D eigenvalue weighted by Gasteiger charge is 2.46. The lowest BCUT2D eigenvalue weighted by Crippen LogP contribution is -2.48. The standard InChI is InChI=1S/C24H23F3N6O3.2C24H28F3N5O5/c1-13-9-17(18(34)3-6-24(25,26)27)30-22-21(13)32-8-5-16(12-32)33(22)23(35)31-20-10-15(4-7-28-20)19-11-29-14(2)36-19;1-13-7-18-22(30-21(13)19(35)8-14(2)24(25,26)27)32(15-4-6-31(18)10-15)23(36)29-20-9-17(3-5-28-20)37-12-16(34)11-33;1-13-7-18(19(35)8-14(2)24(25,26)27)29-22-21(13)31-6-4-15(10-31)32(22)23(36)30-20-9-17(3-5-28-20)37-12-16(34)11-33/h4,7,9-11,16H,3,5-6,8,12H2,1-2H3,(H,28,31,35);3,5,7,9,14-16,33-34H,4,6,8,10-12H2,1-2H3,(H,28,29,36);3,5,7,9,14-16,33-34H,4,6,8,10-12H2,1-2H3,(H,28,30,36)/t16-;2*14-,15-,16+/m000/s1. The van der Waals surface area contributed by atoms with E-state index in [9.17, 15) is 78.5 Å². The number of ether oxygens (including phenoxy) is 2. The van der Waals surface area contributed by atoms with Crippen molar-refractivity contribution in [3.8, 4) is 22.8 Å². The van der Waals surface area contributed by atoms with E-state index in [0.29, 0.717) is 121 Å². The van der Waals surface area contributed by atoms with Crippen molar-refractivity contribution < 1.29 is 103 Å². The van der Waals surface area contributed by atoms with Gasteiger partial charge in [-0.15, -0.1) is 0 Å². The minimum Gasteiger partial charge on any atom is -0.491 e. The highest BCUT2D eigenvalue weighted by molar-refractivity contribution is 6.08. The molecule has 6 bridgehead atoms. The fraction of sp³-hybridized carbons (Fsp3) is 0.458. The summed E-state index contributed by atoms with van der Waals surface area (Å²) in [5.41, 5.74) is 4.13. The van der Waals surface area contributed by atoms with Crippen molar-refractivity contribution in [1.82, 2.24) is 34.9 Å². The lowest BCUT2D eigenvalue weighted by atomic mass is 9.99. The molecule has 13 heterocycles. The fourth-order valence-electron chi connectivity index (χ4n) is 13.4. The third-order valence-electron chi connectivity index (χ3n) is 19.1. The molecule has 7 aromatic heterocycles. The molecule has 0 aliphatic carbocycles. The molecule has 13 rings (SSSR count). The molecule has 6 aliphatic rings. The van der Waals surface area contributed by atoms with E-state index < -0.39 is 117 Å². The average molecular weight is 1550 g/mol. The second-order valence-corrected chi connectivity index (χ2v) is 27.5. The zero-order chi connectivity index (χ0) is 79.4. The van der Waals surface area contributed by atoms with Gasteiger partial charge in [0.05, 0.1) is 72.9 Å². The van der Waals surface area contributed by atoms with Crippen LogP contribution in [0.4, 0.5) is 106 Å². The molecule has 0 spiro atoms. The third kappa shape index (κ3) is 18.7. The third-order valence-corrected chi connectivity index (χ3v) is 19.1. The molecule has 0 aromatic carbocycles. The number of Topliss-reactive ketones (excluding diaryl/α,β-unsaturated/α-hetero) is 3. The van der Waals surface area contributed by atoms with E-state index in [-0.39, 0.29) is 83.3 Å². The number of fused-ring (bicyclic) bond motifs is 12. The number of ketones is 3. The van der Waals surface area contributed by atoms with Crippen LogP contribution in [0.2, 0.25) is 0 Å². The highest BCUT2D eigenvalue weighted by atomic mass is 19.4. The number of aryl methyl sites for hydroxylation is 4. The van der Waals surface area contributed by atoms with Crippen LogP contribution in [0.25, 0.3) is 11.3 Å². The maximum Gasteiger partial charge on any atom is 0.391 e. The first-order valence-electron chi connectivity index (χ1n) is 35.1. The Balaban J connectivity index is 0.000000164. The van der Waals surface area contributed by atoms with E-state index in [0.717, 1.165) is 13.8 Å². The van der Waals surface area contributed by atoms with Gasteiger partial charge in [0.15, 0.2) is 46.5 Å². The molecule has 6 aliphatic heterocycles. The number of carbonyl (C=O) groups is 6. The van der Waals surface area contributed by atoms with Gasteiger partial charge in [-0.3, -0.25) is 45.0 Å². The maximum absolute atomic E-state index is 13.5. The van der Waals surface area contributed by atoms with Gasteiger partial charge in [0.2, 0.25) is 0 Å². The number of hydrogen-bond donors (Lipinski definition) is 7. The second kappa shape index (κ2) is 33.1. The van der Waals surface area contributed by atoms with Crippen LogP contribution in [-0.2, 0) is 0 Å². The lowest BCUT2D eigenvalue weighted by molar-refractivity contribution is -0.169. The van der Waals surface area contributed by atoms with E-state index in [1.165, 1.54) is 69.7 Å². The Morgan fingerprint density at radius 3 is 1.44 bits per heavy atom. The average Bonchev–Trinajstić information content (AvgIpc) is 1.53. The zero-order valence-electron chi connectivity index (χ0n) is 60.2. The summed E-state index contributed by atoms with van der Waals surface area (Å²) < 4.78 is 132. The molecule has 7 atom stereocenters. The molecule has 0 saturated carbocycles. The van der Waals surface area contributed by atoms with E-state index in [2.05, 4.69) is 60.6 Å². The van der Waals surface area contributed by atoms with E-state index in [4.69, 9.17) is 24.1 Å². The molecule has 588 valence electrons. The minimum absolute atomic E-state index is 0.0865. The number of rotatable bonds is 21. The fourth-order valence-corrected chi connectivity index (χ4v) is 13.4. The monoisotopic (exact) mass is 1550 g/mol. The number of nitrogens with one attached hydrogen (secondary N) is 3. The van der Waals surface area contributed by atoms with Gasteiger partial charge in [-0.05, 0) is 99.2 Å². The number of aromatic nitrogens is 7. The molecular weight excluding hydrogens is 1470 g/mol. The summed E-state index contributed by atoms with van der Waals surface area (Å²) in [4.78, 5) is 119. The quantitative estimate of drug-likeness (QED) is 0.0260. The first-order chi connectivity index (χ1) is 52.0. The van der Waals surface area contributed by atoms with Gasteiger partial charge in [-0.25, -0.2) is 49.3 Å². The molecule has 6 amide bonds. The van der Waals surface area contributed by atoms with Crippen LogP contribution in [0.1, 0.15) is 113 Å². The second-order valence-electron chi connectivity index (χ2n) is 27.5. The molecule has 110 heavy (non-hydrogen) atoms. The van der Waals surface area contributed by atoms with Crippen LogP contribution in [-0.4, -0.2) is 205 Å². The van der Waals surface area contributed by atoms with Gasteiger partial charge < -0.3 is 49.0 Å². The highest BCUT2D eigenvalue weighted by Crippen LogP contribution is 2.46. The summed E-state index contributed by atoms with van der Waals surface area (Å²) in [6.45, 7) is 11.2. The van der Waals surface area contributed by atoms with Crippen molar-refractivity contribution in [2.45, 2.75) is 135 Å². The maximum atomic E-state index is 13.5. The smallest absolute Gasteiger partial charge is 0.391 e. The van der Waals surface area contributed by atoms with Crippen LogP contribution in [0.15, 0.2) is 83.8 Å². The van der Waals surface area contributed by atoms with Gasteiger partial charge in [0, 0.05) is 102 Å². The SMILES string of the molecule is Cc1cc(C(=O)C[C@H](C)C(F)(F)F)nc2c1N1CC[C@@H](C1)N2C(=O)Nc1cc(OC[C@H](O)CO)ccn1.Cc1cc2c(nc1C(=O)C[C@H](C)C(F)(F)F)N(C(=O)Nc1cc(OC[C@H](O)CO)ccn1)[C@H]1CCN2C1.Cc1ncc(-c2ccnc(NC(=O)N3c4nc(C(=O)CCC(F)(F)F)cc(C)c4N4CC[C@H]3C4)c2)o1. The number of oxazole rings is 1. The van der Waals surface area contributed by atoms with Crippen molar-refractivity contribution in [2.24, 2.45) is 11.8 Å². The van der Waals surface area contributed by atoms with Crippen LogP contribution in [0.5, 0.6) is 11.5 Å². The minimum atomic E-state index is -4.50. The lowest BCUT2D eigenvalue weighted by Gasteiger charge is -2.36. The number of alkyl halides is 9. The Kier molecular flexibility index (Phi) is 24.2. The van der Waals surface area contributed by atoms with Gasteiger partial charge in [0.1, 0.15) is 71.5 Å². The van der Waals surface area contributed by atoms with E-state index in [1.54, 1.807) is 52.1 Å². The molecule has 29 nitrogen and oxygen atoms in total. The number of halogens is 9. The topological polar surface area (TPSA) is 361 Å². The summed E-state index contributed by atoms with van der Waals surface area (Å²) >= 11 is 0. The Morgan fingerprint density at radius 1 is 0.545 bits per heavy atom. The number of aliphatic hydroxyl groups excluding tert-OH is 4. The van der Waals surface area contributed by atoms with E-state index in [1.807, 2.05) is 4.90 Å². The molecular formula is C72H79F9N16O13. The Bertz CT molecular complexity index is 4590. The first-order valence-corrected chi connectivity index (χ1v) is 35.1. The summed E-state index contributed by atoms with van der Waals surface area (Å²) in [7, 11) is 0. The van der Waals surface area contributed by atoms with Gasteiger partial charge >= 0.3 is 36.6 Å². The normalized spacial score (nSPS) is 17.8. The number of urea groups is 3. The number of hydrogen-bond acceptors (Lipinski definition) is 23. The Hall–Kier alpha value is -10.9. The Labute approximate surface area is 622 Å². The summed E-state index contributed by atoms with van der Waals surface area (Å²) in [5, 5.41) is 45.0. The largest absolute Gasteiger partial charge is 0.491 e. The zero-order valence-corrected chi connectivity index (χ0v) is 60.2. The number of anilines is 9. The van der Waals surface area contributed by atoms with E-state index >= 15 is 0 Å². The van der Waals surface area contributed by atoms with Crippen LogP contribution >= 0.6 is 0 Å². The number of pyridine rings is 6. The number of aliphatic hydroxyl groups is 4. The van der Waals surface area contributed by atoms with Crippen molar-refractivity contribution in [3.05, 3.63) is 119 Å². The summed E-state index contributed by atoms with van der Waals surface area (Å²) in [5.74, 6) is -2.92. The van der Waals surface area contributed by atoms with Crippen molar-refractivity contribution in [3.63, 3.8) is 0 Å². The molecule has 7 aromatic rings. The molecule has 7 N–H and O–H groups in total. The number of amides is 6. The predicted octanol–water partition coefficient (Wildman–Crippen LogP) is 10.7. The molecule has 3 fully saturated rings. The van der Waals surface area contributed by atoms with Crippen molar-refractivity contribution >= 4 is 87.4 Å². The van der Waals surface area contributed by atoms with Gasteiger partial charge in [0.25, 0.3) is 0 Å². The molecule has 38 heteroatoms. The van der Waals surface area contributed by atoms with Crippen molar-refractivity contribution in [2.75, 3.05) is 111 Å². The van der Waals surface area contributed by atoms with Crippen LogP contribution in [0, 0.1) is 39.5 Å². The Morgan fingerprint density at radius 2 is 0.982 bits per heavy atom. The first kappa shape index (κ1) is 80.2. The van der Waals surface area contributed by atoms with Crippen LogP contribution < -0.4 is 54.8 Å². The predicted molar refractivity (Wildman–Crippen MR) is 381 cm³/mol. The molecule has 0 radical (unpaired) electrons.